The van der Waals surface area contributed by atoms with Gasteiger partial charge in [-0.1, -0.05) is 37.3 Å². The molecule has 1 aromatic heterocycles. The lowest BCUT2D eigenvalue weighted by Crippen LogP contribution is -2.27. The van der Waals surface area contributed by atoms with E-state index in [1.165, 1.54) is 0 Å². The summed E-state index contributed by atoms with van der Waals surface area (Å²) < 4.78 is 0. The molecule has 0 radical (unpaired) electrons. The Bertz CT molecular complexity index is 869. The molecule has 7 heteroatoms. The number of carbonyl (C=O) groups excluding carboxylic acids is 2. The third-order valence-corrected chi connectivity index (χ3v) is 5.19. The third-order valence-electron chi connectivity index (χ3n) is 5.19. The fourth-order valence-corrected chi connectivity index (χ4v) is 3.51. The molecule has 2 heterocycles. The second-order valence-corrected chi connectivity index (χ2v) is 7.73. The average Bonchev–Trinajstić information content (AvgIpc) is 3.08. The smallest absolute Gasteiger partial charge is 0.223 e. The predicted molar refractivity (Wildman–Crippen MR) is 112 cm³/mol. The Kier molecular flexibility index (Phi) is 6.46. The van der Waals surface area contributed by atoms with E-state index in [0.717, 1.165) is 17.1 Å². The first kappa shape index (κ1) is 20.8. The molecule has 0 N–H and O–H groups in total. The van der Waals surface area contributed by atoms with Crippen LogP contribution >= 0.6 is 0 Å². The molecule has 1 aromatic carbocycles. The standard InChI is InChI=1S/C22H29N5O2/c1-5-21(28)26(4)15-19-23-18(12-20(24-19)25(2)3)17-11-22(29)27(14-17)13-16-9-7-6-8-10-16/h6-10,12,17H,5,11,13-15H2,1-4H3/t17-/m1/s1. The van der Waals surface area contributed by atoms with Gasteiger partial charge in [0.05, 0.1) is 12.2 Å². The molecule has 0 unspecified atom stereocenters. The molecule has 2 amide bonds. The highest BCUT2D eigenvalue weighted by molar-refractivity contribution is 5.79. The molecule has 154 valence electrons. The Balaban J connectivity index is 1.80. The topological polar surface area (TPSA) is 69.6 Å². The number of hydrogen-bond acceptors (Lipinski definition) is 5. The molecule has 29 heavy (non-hydrogen) atoms. The lowest BCUT2D eigenvalue weighted by molar-refractivity contribution is -0.130. The summed E-state index contributed by atoms with van der Waals surface area (Å²) in [6.45, 7) is 3.45. The van der Waals surface area contributed by atoms with Crippen LogP contribution in [0.5, 0.6) is 0 Å². The number of hydrogen-bond donors (Lipinski definition) is 0. The zero-order valence-corrected chi connectivity index (χ0v) is 17.6. The SMILES string of the molecule is CCC(=O)N(C)Cc1nc([C@@H]2CC(=O)N(Cc3ccccc3)C2)cc(N(C)C)n1. The van der Waals surface area contributed by atoms with Gasteiger partial charge in [0, 0.05) is 59.1 Å². The van der Waals surface area contributed by atoms with Crippen molar-refractivity contribution >= 4 is 17.6 Å². The van der Waals surface area contributed by atoms with Gasteiger partial charge in [-0.05, 0) is 5.56 Å². The number of rotatable bonds is 7. The highest BCUT2D eigenvalue weighted by Crippen LogP contribution is 2.29. The average molecular weight is 396 g/mol. The van der Waals surface area contributed by atoms with Gasteiger partial charge in [0.25, 0.3) is 0 Å². The maximum Gasteiger partial charge on any atom is 0.223 e. The van der Waals surface area contributed by atoms with E-state index in [2.05, 4.69) is 4.98 Å². The number of likely N-dealkylation sites (tertiary alicyclic amines) is 1. The predicted octanol–water partition coefficient (Wildman–Crippen LogP) is 2.43. The van der Waals surface area contributed by atoms with E-state index in [-0.39, 0.29) is 17.7 Å². The fraction of sp³-hybridized carbons (Fsp3) is 0.455. The molecule has 2 aromatic rings. The first-order valence-electron chi connectivity index (χ1n) is 9.98. The van der Waals surface area contributed by atoms with Gasteiger partial charge in [-0.25, -0.2) is 9.97 Å². The summed E-state index contributed by atoms with van der Waals surface area (Å²) in [6, 6.07) is 12.0. The molecular formula is C22H29N5O2. The largest absolute Gasteiger partial charge is 0.363 e. The number of benzene rings is 1. The van der Waals surface area contributed by atoms with Gasteiger partial charge >= 0.3 is 0 Å². The van der Waals surface area contributed by atoms with Crippen LogP contribution in [-0.4, -0.2) is 59.3 Å². The first-order chi connectivity index (χ1) is 13.9. The van der Waals surface area contributed by atoms with Crippen molar-refractivity contribution in [3.8, 4) is 0 Å². The van der Waals surface area contributed by atoms with Crippen molar-refractivity contribution in [2.45, 2.75) is 38.8 Å². The Morgan fingerprint density at radius 1 is 1.17 bits per heavy atom. The van der Waals surface area contributed by atoms with Gasteiger partial charge in [-0.2, -0.15) is 0 Å². The van der Waals surface area contributed by atoms with Crippen LogP contribution in [0.2, 0.25) is 0 Å². The number of anilines is 1. The summed E-state index contributed by atoms with van der Waals surface area (Å²) in [5.41, 5.74) is 1.98. The molecule has 7 nitrogen and oxygen atoms in total. The molecule has 0 spiro atoms. The highest BCUT2D eigenvalue weighted by atomic mass is 16.2. The second kappa shape index (κ2) is 9.03. The van der Waals surface area contributed by atoms with Crippen LogP contribution in [0.3, 0.4) is 0 Å². The van der Waals surface area contributed by atoms with Crippen LogP contribution in [0.25, 0.3) is 0 Å². The van der Waals surface area contributed by atoms with Crippen LogP contribution in [-0.2, 0) is 22.7 Å². The van der Waals surface area contributed by atoms with Crippen LogP contribution in [0.4, 0.5) is 5.82 Å². The second-order valence-electron chi connectivity index (χ2n) is 7.73. The van der Waals surface area contributed by atoms with Gasteiger partial charge in [0.1, 0.15) is 11.6 Å². The summed E-state index contributed by atoms with van der Waals surface area (Å²) in [4.78, 5) is 39.3. The van der Waals surface area contributed by atoms with E-state index in [9.17, 15) is 9.59 Å². The lowest BCUT2D eigenvalue weighted by Gasteiger charge is -2.20. The van der Waals surface area contributed by atoms with Gasteiger partial charge < -0.3 is 14.7 Å². The quantitative estimate of drug-likeness (QED) is 0.720. The van der Waals surface area contributed by atoms with Crippen molar-refractivity contribution < 1.29 is 9.59 Å². The molecular weight excluding hydrogens is 366 g/mol. The molecule has 0 aliphatic carbocycles. The van der Waals surface area contributed by atoms with E-state index in [0.29, 0.717) is 38.3 Å². The van der Waals surface area contributed by atoms with Gasteiger partial charge in [-0.15, -0.1) is 0 Å². The van der Waals surface area contributed by atoms with Crippen molar-refractivity contribution in [3.05, 3.63) is 53.5 Å². The fourth-order valence-electron chi connectivity index (χ4n) is 3.51. The van der Waals surface area contributed by atoms with Crippen LogP contribution in [0.15, 0.2) is 36.4 Å². The summed E-state index contributed by atoms with van der Waals surface area (Å²) >= 11 is 0. The zero-order valence-electron chi connectivity index (χ0n) is 17.6. The molecule has 1 aliphatic heterocycles. The number of nitrogens with zero attached hydrogens (tertiary/aromatic N) is 5. The minimum absolute atomic E-state index is 0.0267. The molecule has 1 saturated heterocycles. The minimum atomic E-state index is 0.0267. The van der Waals surface area contributed by atoms with Crippen molar-refractivity contribution in [3.63, 3.8) is 0 Å². The van der Waals surface area contributed by atoms with Crippen molar-refractivity contribution in [2.75, 3.05) is 32.6 Å². The monoisotopic (exact) mass is 395 g/mol. The summed E-state index contributed by atoms with van der Waals surface area (Å²) in [5, 5.41) is 0. The number of aromatic nitrogens is 2. The van der Waals surface area contributed by atoms with Crippen molar-refractivity contribution in [1.29, 1.82) is 0 Å². The summed E-state index contributed by atoms with van der Waals surface area (Å²) in [7, 11) is 5.62. The van der Waals surface area contributed by atoms with Gasteiger partial charge in [0.2, 0.25) is 11.8 Å². The van der Waals surface area contributed by atoms with Crippen molar-refractivity contribution in [2.24, 2.45) is 0 Å². The van der Waals surface area contributed by atoms with E-state index in [1.807, 2.05) is 67.2 Å². The van der Waals surface area contributed by atoms with E-state index in [1.54, 1.807) is 11.9 Å². The van der Waals surface area contributed by atoms with Crippen LogP contribution in [0, 0.1) is 0 Å². The van der Waals surface area contributed by atoms with Gasteiger partial charge in [-0.3, -0.25) is 9.59 Å². The normalized spacial score (nSPS) is 16.2. The maximum atomic E-state index is 12.6. The Labute approximate surface area is 172 Å². The first-order valence-corrected chi connectivity index (χ1v) is 9.98. The Morgan fingerprint density at radius 2 is 1.90 bits per heavy atom. The van der Waals surface area contributed by atoms with Crippen molar-refractivity contribution in [1.82, 2.24) is 19.8 Å². The van der Waals surface area contributed by atoms with E-state index >= 15 is 0 Å². The molecule has 1 fully saturated rings. The minimum Gasteiger partial charge on any atom is -0.363 e. The van der Waals surface area contributed by atoms with Gasteiger partial charge in [0.15, 0.2) is 0 Å². The third kappa shape index (κ3) is 5.10. The number of carbonyl (C=O) groups is 2. The molecule has 1 atom stereocenters. The highest BCUT2D eigenvalue weighted by Gasteiger charge is 2.32. The lowest BCUT2D eigenvalue weighted by atomic mass is 10.0. The summed E-state index contributed by atoms with van der Waals surface area (Å²) in [5.74, 6) is 1.61. The van der Waals surface area contributed by atoms with E-state index in [4.69, 9.17) is 4.98 Å². The number of amides is 2. The Morgan fingerprint density at radius 3 is 2.55 bits per heavy atom. The molecule has 0 bridgehead atoms. The maximum absolute atomic E-state index is 12.6. The molecule has 0 saturated carbocycles. The zero-order chi connectivity index (χ0) is 21.0. The summed E-state index contributed by atoms with van der Waals surface area (Å²) in [6.07, 6.45) is 0.891. The molecule has 1 aliphatic rings. The molecule has 3 rings (SSSR count). The Hall–Kier alpha value is -2.96. The van der Waals surface area contributed by atoms with E-state index < -0.39 is 0 Å². The van der Waals surface area contributed by atoms with Crippen LogP contribution < -0.4 is 4.90 Å². The van der Waals surface area contributed by atoms with Crippen LogP contribution in [0.1, 0.15) is 42.8 Å².